The molecule has 14 N–H and O–H groups in total. The number of halogens is 2. The lowest BCUT2D eigenvalue weighted by Crippen LogP contribution is -2.50. The van der Waals surface area contributed by atoms with Crippen LogP contribution < -0.4 is 32.7 Å². The summed E-state index contributed by atoms with van der Waals surface area (Å²) in [5.74, 6) is -7.51. The average molecular weight is 2140 g/mol. The molecule has 6 rings (SSSR count). The molecule has 0 atom stereocenters. The predicted octanol–water partition coefficient (Wildman–Crippen LogP) is 6.05. The first-order valence-corrected chi connectivity index (χ1v) is 46.9. The lowest BCUT2D eigenvalue weighted by molar-refractivity contribution is -0.166. The predicted molar refractivity (Wildman–Crippen MR) is 532 cm³/mol. The van der Waals surface area contributed by atoms with Gasteiger partial charge < -0.3 is 149 Å². The van der Waals surface area contributed by atoms with Crippen LogP contribution in [-0.2, 0) is 149 Å². The van der Waals surface area contributed by atoms with Crippen molar-refractivity contribution >= 4 is 125 Å². The van der Waals surface area contributed by atoms with E-state index < -0.39 is 279 Å². The van der Waals surface area contributed by atoms with Crippen LogP contribution in [0.3, 0.4) is 0 Å². The normalized spacial score (nSPS) is 10.9. The van der Waals surface area contributed by atoms with E-state index in [1.165, 1.54) is 28.2 Å². The van der Waals surface area contributed by atoms with E-state index >= 15 is 0 Å². The first-order chi connectivity index (χ1) is 70.6. The number of ether oxygens (including phenoxy) is 14. The third kappa shape index (κ3) is 59.8. The van der Waals surface area contributed by atoms with E-state index in [0.717, 1.165) is 30.7 Å². The van der Waals surface area contributed by atoms with Crippen molar-refractivity contribution in [2.24, 2.45) is 27.7 Å². The fourth-order valence-corrected chi connectivity index (χ4v) is 11.3. The van der Waals surface area contributed by atoms with Gasteiger partial charge in [0, 0.05) is 52.9 Å². The number of nitrogens with zero attached hydrogens (tertiary/aromatic N) is 4. The number of benzene rings is 6. The number of nitrogens with two attached hydrogens (primary N) is 2. The minimum atomic E-state index is -1.83. The Morgan fingerprint density at radius 1 is 0.282 bits per heavy atom. The number of Topliss-reactive ketones (excluding diaryl/α,β-unsaturated/α-hetero) is 3. The van der Waals surface area contributed by atoms with Gasteiger partial charge in [-0.05, 0) is 74.9 Å². The third-order valence-electron chi connectivity index (χ3n) is 19.5. The van der Waals surface area contributed by atoms with Crippen LogP contribution in [-0.4, -0.2) is 341 Å². The zero-order chi connectivity index (χ0) is 111. The molecule has 0 aliphatic carbocycles. The van der Waals surface area contributed by atoms with Crippen LogP contribution in [0.5, 0.6) is 0 Å². The van der Waals surface area contributed by atoms with Gasteiger partial charge in [0.25, 0.3) is 0 Å². The van der Waals surface area contributed by atoms with Crippen molar-refractivity contribution in [2.45, 2.75) is 117 Å². The number of aliphatic hydroxyl groups excluding tert-OH is 6. The fourth-order valence-electron chi connectivity index (χ4n) is 11.3. The molecule has 0 unspecified atom stereocenters. The Labute approximate surface area is 872 Å². The molecule has 0 heterocycles. The number of carbonyl (C=O) groups is 17. The third-order valence-corrected chi connectivity index (χ3v) is 19.5. The Kier molecular flexibility index (Phi) is 62.4. The minimum Gasteiger partial charge on any atom is -0.463 e. The molecule has 0 bridgehead atoms. The lowest BCUT2D eigenvalue weighted by Gasteiger charge is -2.32. The zero-order valence-electron chi connectivity index (χ0n) is 84.8. The monoisotopic (exact) mass is 2140 g/mol. The van der Waals surface area contributed by atoms with Gasteiger partial charge in [-0.25, -0.2) is 38.4 Å². The molecule has 0 fully saturated rings. The number of amides is 8. The molecule has 0 aliphatic rings. The van der Waals surface area contributed by atoms with Crippen molar-refractivity contribution in [1.29, 1.82) is 0 Å². The molecule has 0 aromatic heterocycles. The molecule has 47 nitrogen and oxygen atoms in total. The van der Waals surface area contributed by atoms with Crippen LogP contribution in [0.1, 0.15) is 94.2 Å². The molecule has 822 valence electrons. The molecule has 0 aliphatic heterocycles. The van der Waals surface area contributed by atoms with Crippen LogP contribution in [0, 0.1) is 16.2 Å². The second-order valence-corrected chi connectivity index (χ2v) is 36.2. The molecule has 0 radical (unpaired) electrons. The molecule has 6 aromatic rings. The summed E-state index contributed by atoms with van der Waals surface area (Å²) >= 11 is 9.53. The maximum Gasteiger partial charge on any atom is 0.410 e. The van der Waals surface area contributed by atoms with Gasteiger partial charge in [-0.1, -0.05) is 182 Å². The summed E-state index contributed by atoms with van der Waals surface area (Å²) in [5.41, 5.74) is 7.47. The number of ketones is 3. The number of alkyl halides is 2. The summed E-state index contributed by atoms with van der Waals surface area (Å²) in [6.45, 7) is -2.39. The highest BCUT2D eigenvalue weighted by Gasteiger charge is 2.42. The van der Waals surface area contributed by atoms with E-state index in [1.54, 1.807) is 224 Å². The summed E-state index contributed by atoms with van der Waals surface area (Å²) in [6.07, 6.45) is -8.18. The first-order valence-electron chi connectivity index (χ1n) is 45.8. The van der Waals surface area contributed by atoms with E-state index in [-0.39, 0.29) is 57.9 Å². The summed E-state index contributed by atoms with van der Waals surface area (Å²) in [5, 5.41) is 61.5. The Bertz CT molecular complexity index is 4890. The maximum atomic E-state index is 13.5. The molecule has 149 heavy (non-hydrogen) atoms. The number of aliphatic hydroxyl groups is 6. The van der Waals surface area contributed by atoms with Gasteiger partial charge in [0.05, 0.1) is 81.0 Å². The fraction of sp³-hybridized carbons (Fsp3) is 0.470. The molecular weight excluding hydrogens is 2000 g/mol. The second kappa shape index (κ2) is 71.2. The molecule has 0 saturated heterocycles. The molecule has 8 amide bonds. The molecule has 0 spiro atoms. The molecule has 0 saturated carbocycles. The van der Waals surface area contributed by atoms with Crippen molar-refractivity contribution in [3.8, 4) is 0 Å². The largest absolute Gasteiger partial charge is 0.463 e. The Balaban J connectivity index is 0.000000791. The van der Waals surface area contributed by atoms with Crippen LogP contribution in [0.2, 0.25) is 0 Å². The Hall–Kier alpha value is -14.4. The zero-order valence-corrected chi connectivity index (χ0v) is 86.3. The van der Waals surface area contributed by atoms with E-state index in [9.17, 15) is 81.5 Å². The highest BCUT2D eigenvalue weighted by Crippen LogP contribution is 2.29. The summed E-state index contributed by atoms with van der Waals surface area (Å²) < 4.78 is 74.0. The summed E-state index contributed by atoms with van der Waals surface area (Å²) in [6, 6.07) is 53.0. The van der Waals surface area contributed by atoms with E-state index in [4.69, 9.17) is 132 Å². The number of carbonyl (C=O) groups excluding carboxylic acids is 17. The molecule has 6 aromatic carbocycles. The molecule has 49 heteroatoms. The van der Waals surface area contributed by atoms with Gasteiger partial charge in [-0.3, -0.25) is 43.2 Å². The minimum absolute atomic E-state index is 0.0420. The van der Waals surface area contributed by atoms with E-state index in [2.05, 4.69) is 21.3 Å². The first kappa shape index (κ1) is 131. The number of nitrogens with one attached hydrogen (secondary N) is 4. The Morgan fingerprint density at radius 3 is 0.685 bits per heavy atom. The number of hydrogen-bond donors (Lipinski definition) is 12. The van der Waals surface area contributed by atoms with Crippen LogP contribution in [0.15, 0.2) is 182 Å². The topological polar surface area (TPSA) is 654 Å². The number of esters is 6. The van der Waals surface area contributed by atoms with Crippen molar-refractivity contribution < 1.29 is 178 Å². The Morgan fingerprint density at radius 2 is 0.483 bits per heavy atom. The van der Waals surface area contributed by atoms with Gasteiger partial charge >= 0.3 is 84.6 Å². The highest BCUT2D eigenvalue weighted by atomic mass is 35.5. The van der Waals surface area contributed by atoms with Gasteiger partial charge in [-0.15, -0.1) is 23.2 Å². The van der Waals surface area contributed by atoms with Crippen molar-refractivity contribution in [3.05, 3.63) is 215 Å². The number of rotatable bonds is 53. The summed E-state index contributed by atoms with van der Waals surface area (Å²) in [7, 11) is 5.19. The highest BCUT2D eigenvalue weighted by molar-refractivity contribution is 6.40. The molecular formula is C100H136Cl2N10O37. The van der Waals surface area contributed by atoms with Crippen LogP contribution >= 0.6 is 23.2 Å². The van der Waals surface area contributed by atoms with E-state index in [0.29, 0.717) is 22.3 Å². The summed E-state index contributed by atoms with van der Waals surface area (Å²) in [4.78, 5) is 218. The van der Waals surface area contributed by atoms with E-state index in [1.807, 2.05) is 0 Å². The van der Waals surface area contributed by atoms with Crippen molar-refractivity contribution in [1.82, 2.24) is 40.9 Å². The number of likely N-dealkylation sites (N-methyl/N-ethyl adjacent to an activating group) is 4. The van der Waals surface area contributed by atoms with Gasteiger partial charge in [0.1, 0.15) is 136 Å². The average Bonchev–Trinajstić information content (AvgIpc) is 0.840. The van der Waals surface area contributed by atoms with Gasteiger partial charge in [0.15, 0.2) is 11.6 Å². The van der Waals surface area contributed by atoms with Crippen molar-refractivity contribution in [3.63, 3.8) is 0 Å². The maximum absolute atomic E-state index is 13.5. The smallest absolute Gasteiger partial charge is 0.410 e. The van der Waals surface area contributed by atoms with Gasteiger partial charge in [0.2, 0.25) is 0 Å². The van der Waals surface area contributed by atoms with Crippen LogP contribution in [0.25, 0.3) is 0 Å². The second-order valence-electron chi connectivity index (χ2n) is 35.4. The number of alkyl carbamates (subject to hydrolysis) is 4. The quantitative estimate of drug-likeness (QED) is 0.0117. The van der Waals surface area contributed by atoms with Gasteiger partial charge in [-0.2, -0.15) is 0 Å². The lowest BCUT2D eigenvalue weighted by atomic mass is 9.85. The van der Waals surface area contributed by atoms with Crippen LogP contribution in [0.4, 0.5) is 38.4 Å². The standard InChI is InChI=1S/C44H54N4O15.C39H46N4O13.C12H23NO6.C4H11NO3.CH2Cl2/c1-43(2,3)63-40(54)45-22-35(49)21-44(29-60-36(50)23-46-39(53)57-26-32-15-9-6-10-16-32,30-61-37(51)24-47(4)41(55)58-27-33-17-11-7-12-18-33)31-62-38(52)25-48(5)42(56)59-28-34-19-13-8-14-20-34;1-42(37(49)52-24-30-14-8-4-9-15-30)21-34(46)55-27-39(18-32(44)19-40,26-54-33(45)20-41-36(48)51-23-29-12-6-3-7-13-29)28-56-35(47)22-43(2)38(50)53-25-31-16-10-5-11-17-31;1-11(2,3)19-10(18)13-5-9(17)4-12(6-14,7-15)8-16;5-4(1-6,2-7)3-8;2-1-3/h6-20H,21-31H2,1-5H3,(H,45,54)(H,46,53);3-17H,18-28,40H2,1-2H3,(H,41,48);14-16H,4-8H2,1-3H3,(H,13,18);6-8H,1-3,5H2;1H2. The number of hydrogen-bond acceptors (Lipinski definition) is 39. The van der Waals surface area contributed by atoms with Crippen molar-refractivity contribution in [2.75, 3.05) is 172 Å². The SMILES string of the molecule is CC(C)(C)OC(=O)NCC(=O)CC(CO)(CO)CO.CN(CC(=O)OCC(COC(=O)CNC(=O)OCc1ccccc1)(COC(=O)CN(C)C(=O)OCc1ccccc1)CC(=O)CN)C(=O)OCc1ccccc1.CN(CC(=O)OCC(COC(=O)CNC(=O)OCc1ccccc1)(COC(=O)CN(C)C(=O)OCc1ccccc1)CC(=O)CNC(=O)OC(C)(C)C)C(=O)OCc1ccccc1.ClCCl.NC(CO)(CO)CO.